The first-order valence-electron chi connectivity index (χ1n) is 9.69. The van der Waals surface area contributed by atoms with Crippen LogP contribution in [0.15, 0.2) is 24.4 Å². The van der Waals surface area contributed by atoms with Crippen molar-refractivity contribution in [2.24, 2.45) is 0 Å². The number of morpholine rings is 1. The highest BCUT2D eigenvalue weighted by molar-refractivity contribution is 5.81. The number of nitrogens with zero attached hydrogens (tertiary/aromatic N) is 5. The van der Waals surface area contributed by atoms with Crippen LogP contribution in [0.1, 0.15) is 18.2 Å². The molecule has 0 spiro atoms. The van der Waals surface area contributed by atoms with Gasteiger partial charge in [0.2, 0.25) is 0 Å². The predicted octanol–water partition coefficient (Wildman–Crippen LogP) is 0.692. The van der Waals surface area contributed by atoms with E-state index in [1.165, 1.54) is 0 Å². The zero-order valence-corrected chi connectivity index (χ0v) is 16.3. The number of hydrogen-bond donors (Lipinski definition) is 1. The van der Waals surface area contributed by atoms with Crippen molar-refractivity contribution in [2.45, 2.75) is 20.0 Å². The number of benzene rings is 1. The van der Waals surface area contributed by atoms with Crippen LogP contribution in [0.5, 0.6) is 0 Å². The highest BCUT2D eigenvalue weighted by atomic mass is 16.5. The maximum atomic E-state index is 12.7. The van der Waals surface area contributed by atoms with E-state index in [0.29, 0.717) is 26.3 Å². The Kier molecular flexibility index (Phi) is 5.61. The lowest BCUT2D eigenvalue weighted by atomic mass is 10.1. The van der Waals surface area contributed by atoms with Gasteiger partial charge in [-0.05, 0) is 30.7 Å². The quantitative estimate of drug-likeness (QED) is 0.754. The number of hydrogen-bond acceptors (Lipinski definition) is 7. The lowest BCUT2D eigenvalue weighted by molar-refractivity contribution is -0.141. The summed E-state index contributed by atoms with van der Waals surface area (Å²) in [5.74, 6) is -0.461. The molecule has 0 radical (unpaired) electrons. The molecule has 0 unspecified atom stereocenters. The van der Waals surface area contributed by atoms with E-state index < -0.39 is 5.97 Å². The number of nitrogens with one attached hydrogen (secondary N) is 1. The largest absolute Gasteiger partial charge is 0.465 e. The van der Waals surface area contributed by atoms with Crippen molar-refractivity contribution in [2.75, 3.05) is 44.4 Å². The van der Waals surface area contributed by atoms with Crippen LogP contribution >= 0.6 is 0 Å². The van der Waals surface area contributed by atoms with Crippen LogP contribution in [0.2, 0.25) is 0 Å². The van der Waals surface area contributed by atoms with Crippen molar-refractivity contribution < 1.29 is 19.1 Å². The molecule has 1 aromatic heterocycles. The van der Waals surface area contributed by atoms with Gasteiger partial charge in [-0.3, -0.25) is 4.79 Å². The first-order valence-corrected chi connectivity index (χ1v) is 9.69. The summed E-state index contributed by atoms with van der Waals surface area (Å²) in [5, 5.41) is 10.8. The van der Waals surface area contributed by atoms with E-state index in [9.17, 15) is 9.59 Å². The van der Waals surface area contributed by atoms with Gasteiger partial charge in [0.1, 0.15) is 6.54 Å². The Hall–Kier alpha value is -3.14. The summed E-state index contributed by atoms with van der Waals surface area (Å²) in [6.45, 7) is 5.64. The van der Waals surface area contributed by atoms with E-state index in [0.717, 1.165) is 35.7 Å². The molecular formula is C19H24N6O4. The number of carbonyl (C=O) groups excluding carboxylic acids is 2. The Bertz CT molecular complexity index is 893. The second-order valence-corrected chi connectivity index (χ2v) is 6.87. The van der Waals surface area contributed by atoms with Crippen LogP contribution in [0, 0.1) is 0 Å². The van der Waals surface area contributed by atoms with Gasteiger partial charge in [0.05, 0.1) is 50.5 Å². The molecular weight excluding hydrogens is 376 g/mol. The van der Waals surface area contributed by atoms with Crippen LogP contribution in [0.25, 0.3) is 5.69 Å². The number of esters is 1. The summed E-state index contributed by atoms with van der Waals surface area (Å²) in [6.07, 6.45) is 1.65. The minimum absolute atomic E-state index is 0.165. The van der Waals surface area contributed by atoms with E-state index in [1.807, 2.05) is 6.07 Å². The number of amides is 2. The molecule has 1 fully saturated rings. The van der Waals surface area contributed by atoms with E-state index >= 15 is 0 Å². The molecule has 154 valence electrons. The Labute approximate surface area is 168 Å². The summed E-state index contributed by atoms with van der Waals surface area (Å²) in [4.78, 5) is 28.2. The number of ether oxygens (including phenoxy) is 2. The summed E-state index contributed by atoms with van der Waals surface area (Å²) in [7, 11) is 0. The number of aromatic nitrogens is 3. The Morgan fingerprint density at radius 3 is 2.86 bits per heavy atom. The minimum Gasteiger partial charge on any atom is -0.465 e. The average molecular weight is 400 g/mol. The van der Waals surface area contributed by atoms with Crippen molar-refractivity contribution in [3.05, 3.63) is 35.7 Å². The zero-order valence-electron chi connectivity index (χ0n) is 16.3. The van der Waals surface area contributed by atoms with Gasteiger partial charge < -0.3 is 24.6 Å². The molecule has 2 aliphatic heterocycles. The number of urea groups is 1. The lowest BCUT2D eigenvalue weighted by Gasteiger charge is -2.29. The monoisotopic (exact) mass is 400 g/mol. The second kappa shape index (κ2) is 8.48. The zero-order chi connectivity index (χ0) is 20.2. The first-order chi connectivity index (χ1) is 14.2. The Morgan fingerprint density at radius 1 is 1.24 bits per heavy atom. The Balaban J connectivity index is 1.58. The molecule has 10 heteroatoms. The van der Waals surface area contributed by atoms with Crippen molar-refractivity contribution in [1.82, 2.24) is 25.2 Å². The van der Waals surface area contributed by atoms with E-state index in [-0.39, 0.29) is 19.2 Å². The summed E-state index contributed by atoms with van der Waals surface area (Å²) in [5.41, 5.74) is 3.75. The number of rotatable bonds is 4. The standard InChI is InChI=1S/C19H24N6O4/c1-2-29-18(26)11-20-19(27)24-12-14-9-15(23-5-7-28-8-6-23)3-4-17(14)25-16(13-24)10-21-22-25/h3-4,9-10H,2,5-8,11-13H2,1H3,(H,20,27). The third kappa shape index (κ3) is 4.16. The summed E-state index contributed by atoms with van der Waals surface area (Å²) < 4.78 is 12.1. The molecule has 2 amide bonds. The molecule has 1 N–H and O–H groups in total. The molecule has 10 nitrogen and oxygen atoms in total. The summed E-state index contributed by atoms with van der Waals surface area (Å²) in [6, 6.07) is 5.82. The highest BCUT2D eigenvalue weighted by Crippen LogP contribution is 2.28. The van der Waals surface area contributed by atoms with Crippen LogP contribution in [0.3, 0.4) is 0 Å². The third-order valence-corrected chi connectivity index (χ3v) is 4.98. The first kappa shape index (κ1) is 19.2. The Morgan fingerprint density at radius 2 is 2.07 bits per heavy atom. The molecule has 0 bridgehead atoms. The fourth-order valence-electron chi connectivity index (χ4n) is 3.56. The highest BCUT2D eigenvalue weighted by Gasteiger charge is 2.25. The van der Waals surface area contributed by atoms with E-state index in [2.05, 4.69) is 32.7 Å². The number of carbonyl (C=O) groups is 2. The van der Waals surface area contributed by atoms with Gasteiger partial charge in [-0.2, -0.15) is 0 Å². The summed E-state index contributed by atoms with van der Waals surface area (Å²) >= 11 is 0. The molecule has 4 rings (SSSR count). The van der Waals surface area contributed by atoms with Crippen molar-refractivity contribution in [3.63, 3.8) is 0 Å². The van der Waals surface area contributed by atoms with Crippen molar-refractivity contribution in [1.29, 1.82) is 0 Å². The maximum absolute atomic E-state index is 12.7. The van der Waals surface area contributed by atoms with Gasteiger partial charge in [-0.1, -0.05) is 5.21 Å². The normalized spacial score (nSPS) is 15.9. The van der Waals surface area contributed by atoms with Crippen LogP contribution in [0.4, 0.5) is 10.5 Å². The maximum Gasteiger partial charge on any atom is 0.325 e. The van der Waals surface area contributed by atoms with Gasteiger partial charge in [0, 0.05) is 18.8 Å². The van der Waals surface area contributed by atoms with Gasteiger partial charge in [-0.15, -0.1) is 5.10 Å². The predicted molar refractivity (Wildman–Crippen MR) is 104 cm³/mol. The minimum atomic E-state index is -0.461. The SMILES string of the molecule is CCOC(=O)CNC(=O)N1Cc2cc(N3CCOCC3)ccc2-n2nncc2C1. The second-order valence-electron chi connectivity index (χ2n) is 6.87. The van der Waals surface area contributed by atoms with E-state index in [1.54, 1.807) is 22.7 Å². The molecule has 0 atom stereocenters. The van der Waals surface area contributed by atoms with Crippen molar-refractivity contribution >= 4 is 17.7 Å². The third-order valence-electron chi connectivity index (χ3n) is 4.98. The fourth-order valence-corrected chi connectivity index (χ4v) is 3.56. The fraction of sp³-hybridized carbons (Fsp3) is 0.474. The molecule has 29 heavy (non-hydrogen) atoms. The van der Waals surface area contributed by atoms with Gasteiger partial charge >= 0.3 is 12.0 Å². The topological polar surface area (TPSA) is 102 Å². The molecule has 1 aromatic carbocycles. The molecule has 0 saturated carbocycles. The van der Waals surface area contributed by atoms with Gasteiger partial charge in [0.25, 0.3) is 0 Å². The van der Waals surface area contributed by atoms with Crippen LogP contribution < -0.4 is 10.2 Å². The smallest absolute Gasteiger partial charge is 0.325 e. The molecule has 0 aliphatic carbocycles. The van der Waals surface area contributed by atoms with Crippen LogP contribution in [-0.4, -0.2) is 71.3 Å². The molecule has 1 saturated heterocycles. The lowest BCUT2D eigenvalue weighted by Crippen LogP contribution is -2.41. The number of fused-ring (bicyclic) bond motifs is 3. The van der Waals surface area contributed by atoms with Crippen LogP contribution in [-0.2, 0) is 27.4 Å². The van der Waals surface area contributed by atoms with E-state index in [4.69, 9.17) is 9.47 Å². The van der Waals surface area contributed by atoms with Gasteiger partial charge in [0.15, 0.2) is 0 Å². The molecule has 2 aliphatic rings. The molecule has 3 heterocycles. The van der Waals surface area contributed by atoms with Crippen molar-refractivity contribution in [3.8, 4) is 5.69 Å². The number of anilines is 1. The average Bonchev–Trinajstić information content (AvgIpc) is 3.14. The molecule has 2 aromatic rings. The van der Waals surface area contributed by atoms with Gasteiger partial charge in [-0.25, -0.2) is 9.48 Å².